The lowest BCUT2D eigenvalue weighted by atomic mass is 10.2. The quantitative estimate of drug-likeness (QED) is 0.872. The molecular formula is C10H13ClN2O2. The molecule has 2 aromatic rings. The first-order valence-corrected chi connectivity index (χ1v) is 4.50. The van der Waals surface area contributed by atoms with E-state index >= 15 is 0 Å². The molecule has 15 heavy (non-hydrogen) atoms. The molecular weight excluding hydrogens is 216 g/mol. The Morgan fingerprint density at radius 2 is 2.27 bits per heavy atom. The molecule has 0 fully saturated rings. The normalized spacial score (nSPS) is 10.0. The van der Waals surface area contributed by atoms with Gasteiger partial charge < -0.3 is 15.0 Å². The van der Waals surface area contributed by atoms with Gasteiger partial charge in [0.1, 0.15) is 6.61 Å². The van der Waals surface area contributed by atoms with Crippen molar-refractivity contribution in [3.63, 3.8) is 0 Å². The van der Waals surface area contributed by atoms with Crippen LogP contribution >= 0.6 is 12.4 Å². The fraction of sp³-hybridized carbons (Fsp3) is 0.300. The average molecular weight is 229 g/mol. The van der Waals surface area contributed by atoms with Gasteiger partial charge in [0.05, 0.1) is 5.39 Å². The van der Waals surface area contributed by atoms with Gasteiger partial charge in [-0.3, -0.25) is 0 Å². The van der Waals surface area contributed by atoms with Crippen LogP contribution in [0.2, 0.25) is 0 Å². The lowest BCUT2D eigenvalue weighted by molar-refractivity contribution is 0.293. The van der Waals surface area contributed by atoms with Gasteiger partial charge in [-0.2, -0.15) is 0 Å². The van der Waals surface area contributed by atoms with E-state index in [4.69, 9.17) is 15.0 Å². The number of nitrogens with zero attached hydrogens (tertiary/aromatic N) is 1. The summed E-state index contributed by atoms with van der Waals surface area (Å²) in [5, 5.41) is 4.72. The van der Waals surface area contributed by atoms with Gasteiger partial charge in [-0.15, -0.1) is 12.4 Å². The molecule has 0 amide bonds. The predicted octanol–water partition coefficient (Wildman–Crippen LogP) is 1.90. The molecule has 1 aromatic heterocycles. The van der Waals surface area contributed by atoms with Gasteiger partial charge >= 0.3 is 0 Å². The van der Waals surface area contributed by atoms with E-state index in [0.717, 1.165) is 16.5 Å². The van der Waals surface area contributed by atoms with Gasteiger partial charge in [-0.1, -0.05) is 11.6 Å². The van der Waals surface area contributed by atoms with Gasteiger partial charge in [-0.25, -0.2) is 0 Å². The Hall–Kier alpha value is -1.26. The van der Waals surface area contributed by atoms with Crippen LogP contribution in [0.1, 0.15) is 5.56 Å². The molecule has 0 aliphatic rings. The molecule has 4 nitrogen and oxygen atoms in total. The smallest absolute Gasteiger partial charge is 0.262 e. The van der Waals surface area contributed by atoms with E-state index in [1.807, 2.05) is 25.1 Å². The number of fused-ring (bicyclic) bond motifs is 1. The van der Waals surface area contributed by atoms with Crippen molar-refractivity contribution in [1.82, 2.24) is 5.16 Å². The summed E-state index contributed by atoms with van der Waals surface area (Å²) in [7, 11) is 0. The monoisotopic (exact) mass is 228 g/mol. The minimum atomic E-state index is 0. The zero-order valence-corrected chi connectivity index (χ0v) is 9.21. The first-order chi connectivity index (χ1) is 6.81. The Kier molecular flexibility index (Phi) is 3.94. The molecule has 82 valence electrons. The number of nitrogens with two attached hydrogens (primary N) is 1. The lowest BCUT2D eigenvalue weighted by Gasteiger charge is -1.98. The second-order valence-corrected chi connectivity index (χ2v) is 3.12. The molecule has 0 spiro atoms. The standard InChI is InChI=1S/C10H12N2O2.ClH/c1-7-2-3-9-8(6-7)10(12-14-9)13-5-4-11;/h2-3,6H,4-5,11H2,1H3;1H. The summed E-state index contributed by atoms with van der Waals surface area (Å²) in [5.41, 5.74) is 7.23. The van der Waals surface area contributed by atoms with Crippen molar-refractivity contribution in [2.75, 3.05) is 13.2 Å². The molecule has 5 heteroatoms. The van der Waals surface area contributed by atoms with Crippen LogP contribution < -0.4 is 10.5 Å². The second kappa shape index (κ2) is 5.00. The van der Waals surface area contributed by atoms with E-state index in [2.05, 4.69) is 5.16 Å². The van der Waals surface area contributed by atoms with E-state index in [-0.39, 0.29) is 12.4 Å². The molecule has 0 saturated carbocycles. The van der Waals surface area contributed by atoms with Crippen LogP contribution in [0, 0.1) is 6.92 Å². The largest absolute Gasteiger partial charge is 0.474 e. The van der Waals surface area contributed by atoms with Crippen molar-refractivity contribution < 1.29 is 9.26 Å². The summed E-state index contributed by atoms with van der Waals surface area (Å²) in [4.78, 5) is 0. The van der Waals surface area contributed by atoms with E-state index in [1.54, 1.807) is 0 Å². The lowest BCUT2D eigenvalue weighted by Crippen LogP contribution is -2.10. The number of benzene rings is 1. The molecule has 0 radical (unpaired) electrons. The van der Waals surface area contributed by atoms with Crippen molar-refractivity contribution in [1.29, 1.82) is 0 Å². The highest BCUT2D eigenvalue weighted by Gasteiger charge is 2.08. The summed E-state index contributed by atoms with van der Waals surface area (Å²) >= 11 is 0. The fourth-order valence-corrected chi connectivity index (χ4v) is 1.29. The third kappa shape index (κ3) is 2.40. The van der Waals surface area contributed by atoms with E-state index in [0.29, 0.717) is 19.0 Å². The van der Waals surface area contributed by atoms with Crippen LogP contribution in [-0.4, -0.2) is 18.3 Å². The highest BCUT2D eigenvalue weighted by molar-refractivity contribution is 5.85. The van der Waals surface area contributed by atoms with Crippen LogP contribution in [0.5, 0.6) is 5.88 Å². The van der Waals surface area contributed by atoms with E-state index < -0.39 is 0 Å². The molecule has 2 N–H and O–H groups in total. The molecule has 0 bridgehead atoms. The summed E-state index contributed by atoms with van der Waals surface area (Å²) in [6.07, 6.45) is 0. The molecule has 0 saturated heterocycles. The Balaban J connectivity index is 0.00000112. The second-order valence-electron chi connectivity index (χ2n) is 3.12. The predicted molar refractivity (Wildman–Crippen MR) is 60.5 cm³/mol. The SMILES string of the molecule is Cc1ccc2onc(OCCN)c2c1.Cl. The third-order valence-corrected chi connectivity index (χ3v) is 1.95. The topological polar surface area (TPSA) is 61.3 Å². The van der Waals surface area contributed by atoms with Crippen LogP contribution in [0.4, 0.5) is 0 Å². The van der Waals surface area contributed by atoms with Crippen LogP contribution in [0.25, 0.3) is 11.0 Å². The molecule has 1 aromatic carbocycles. The zero-order valence-electron chi connectivity index (χ0n) is 8.40. The van der Waals surface area contributed by atoms with Crippen molar-refractivity contribution in [3.05, 3.63) is 23.8 Å². The Bertz CT molecular complexity index is 442. The minimum absolute atomic E-state index is 0. The molecule has 0 aliphatic heterocycles. The number of halogens is 1. The minimum Gasteiger partial charge on any atom is -0.474 e. The maximum absolute atomic E-state index is 5.34. The highest BCUT2D eigenvalue weighted by Crippen LogP contribution is 2.25. The number of aryl methyl sites for hydroxylation is 1. The van der Waals surface area contributed by atoms with Crippen molar-refractivity contribution >= 4 is 23.4 Å². The van der Waals surface area contributed by atoms with Crippen molar-refractivity contribution in [3.8, 4) is 5.88 Å². The Labute approximate surface area is 93.8 Å². The van der Waals surface area contributed by atoms with Gasteiger partial charge in [0, 0.05) is 6.54 Å². The third-order valence-electron chi connectivity index (χ3n) is 1.95. The summed E-state index contributed by atoms with van der Waals surface area (Å²) in [5.74, 6) is 0.522. The Morgan fingerprint density at radius 3 is 3.00 bits per heavy atom. The number of hydrogen-bond donors (Lipinski definition) is 1. The summed E-state index contributed by atoms with van der Waals surface area (Å²) in [6, 6.07) is 5.84. The molecule has 0 atom stereocenters. The maximum atomic E-state index is 5.34. The van der Waals surface area contributed by atoms with Crippen molar-refractivity contribution in [2.45, 2.75) is 6.92 Å². The number of aromatic nitrogens is 1. The first-order valence-electron chi connectivity index (χ1n) is 4.50. The summed E-state index contributed by atoms with van der Waals surface area (Å²) in [6.45, 7) is 2.94. The fourth-order valence-electron chi connectivity index (χ4n) is 1.29. The van der Waals surface area contributed by atoms with Crippen LogP contribution in [-0.2, 0) is 0 Å². The zero-order chi connectivity index (χ0) is 9.97. The molecule has 2 rings (SSSR count). The van der Waals surface area contributed by atoms with E-state index in [9.17, 15) is 0 Å². The molecule has 0 aliphatic carbocycles. The van der Waals surface area contributed by atoms with Crippen LogP contribution in [0.3, 0.4) is 0 Å². The van der Waals surface area contributed by atoms with Gasteiger partial charge in [0.25, 0.3) is 5.88 Å². The Morgan fingerprint density at radius 1 is 1.47 bits per heavy atom. The first kappa shape index (κ1) is 11.8. The molecule has 0 unspecified atom stereocenters. The summed E-state index contributed by atoms with van der Waals surface area (Å²) < 4.78 is 10.4. The van der Waals surface area contributed by atoms with Gasteiger partial charge in [0.2, 0.25) is 0 Å². The average Bonchev–Trinajstić information content (AvgIpc) is 2.57. The number of hydrogen-bond acceptors (Lipinski definition) is 4. The van der Waals surface area contributed by atoms with Gasteiger partial charge in [0.15, 0.2) is 5.58 Å². The maximum Gasteiger partial charge on any atom is 0.262 e. The van der Waals surface area contributed by atoms with Gasteiger partial charge in [-0.05, 0) is 24.2 Å². The van der Waals surface area contributed by atoms with Crippen molar-refractivity contribution in [2.24, 2.45) is 5.73 Å². The van der Waals surface area contributed by atoms with Crippen LogP contribution in [0.15, 0.2) is 22.7 Å². The van der Waals surface area contributed by atoms with E-state index in [1.165, 1.54) is 0 Å². The molecule has 1 heterocycles. The number of rotatable bonds is 3. The number of ether oxygens (including phenoxy) is 1. The highest BCUT2D eigenvalue weighted by atomic mass is 35.5.